The number of hydrogen-bond acceptors (Lipinski definition) is 4. The Hall–Kier alpha value is -1.46. The summed E-state index contributed by atoms with van der Waals surface area (Å²) in [6.07, 6.45) is 10.2. The minimum Gasteiger partial charge on any atom is -0.481 e. The van der Waals surface area contributed by atoms with Gasteiger partial charge in [-0.3, -0.25) is 9.59 Å². The quantitative estimate of drug-likeness (QED) is 0.744. The van der Waals surface area contributed by atoms with Crippen LogP contribution in [0.5, 0.6) is 0 Å². The summed E-state index contributed by atoms with van der Waals surface area (Å²) in [5.41, 5.74) is -0.573. The lowest BCUT2D eigenvalue weighted by Crippen LogP contribution is -2.58. The molecule has 4 aliphatic carbocycles. The van der Waals surface area contributed by atoms with Crippen LogP contribution in [0.4, 0.5) is 0 Å². The van der Waals surface area contributed by atoms with Gasteiger partial charge in [-0.05, 0) is 49.7 Å². The molecule has 1 spiro atoms. The molecule has 1 saturated heterocycles. The second-order valence-corrected chi connectivity index (χ2v) is 9.87. The highest BCUT2D eigenvalue weighted by Crippen LogP contribution is 2.75. The Bertz CT molecular complexity index is 799. The number of ether oxygens (including phenoxy) is 1. The predicted octanol–water partition coefficient (Wildman–Crippen LogP) is 3.02. The SMILES string of the molecule is C[C@]12CCC(=O)C=C1C=C[C@H]1[C@@H]3CC[C@](O)(CCC(=O)O)[C@@]3(C)CC3O[C@]312. The van der Waals surface area contributed by atoms with Gasteiger partial charge in [-0.1, -0.05) is 26.0 Å². The number of hydrogen-bond donors (Lipinski definition) is 2. The normalized spacial score (nSPS) is 52.3. The van der Waals surface area contributed by atoms with Crippen molar-refractivity contribution >= 4 is 11.8 Å². The van der Waals surface area contributed by atoms with E-state index in [1.54, 1.807) is 6.08 Å². The highest BCUT2D eigenvalue weighted by atomic mass is 16.6. The molecule has 0 aromatic rings. The third-order valence-corrected chi connectivity index (χ3v) is 8.97. The highest BCUT2D eigenvalue weighted by Gasteiger charge is 2.79. The van der Waals surface area contributed by atoms with E-state index >= 15 is 0 Å². The van der Waals surface area contributed by atoms with E-state index in [0.29, 0.717) is 19.3 Å². The van der Waals surface area contributed by atoms with Crippen LogP contribution in [0.15, 0.2) is 23.8 Å². The van der Waals surface area contributed by atoms with Gasteiger partial charge >= 0.3 is 5.97 Å². The van der Waals surface area contributed by atoms with E-state index in [1.165, 1.54) is 0 Å². The number of carbonyl (C=O) groups is 2. The lowest BCUT2D eigenvalue weighted by Gasteiger charge is -2.55. The van der Waals surface area contributed by atoms with Gasteiger partial charge in [0.15, 0.2) is 5.78 Å². The van der Waals surface area contributed by atoms with Gasteiger partial charge in [-0.25, -0.2) is 0 Å². The zero-order valence-electron chi connectivity index (χ0n) is 16.0. The summed E-state index contributed by atoms with van der Waals surface area (Å²) in [6, 6.07) is 0. The largest absolute Gasteiger partial charge is 0.481 e. The number of aliphatic carboxylic acids is 1. The molecule has 7 atom stereocenters. The van der Waals surface area contributed by atoms with Gasteiger partial charge in [0, 0.05) is 29.6 Å². The number of aliphatic hydroxyl groups is 1. The Morgan fingerprint density at radius 2 is 2.11 bits per heavy atom. The lowest BCUT2D eigenvalue weighted by atomic mass is 9.47. The van der Waals surface area contributed by atoms with Gasteiger partial charge in [0.05, 0.1) is 11.7 Å². The number of allylic oxidation sites excluding steroid dienone is 2. The number of carbonyl (C=O) groups excluding carboxylic acids is 1. The molecule has 1 unspecified atom stereocenters. The lowest BCUT2D eigenvalue weighted by molar-refractivity contribution is -0.142. The van der Waals surface area contributed by atoms with Gasteiger partial charge in [0.1, 0.15) is 5.60 Å². The Morgan fingerprint density at radius 3 is 2.85 bits per heavy atom. The summed E-state index contributed by atoms with van der Waals surface area (Å²) >= 11 is 0. The maximum absolute atomic E-state index is 12.0. The highest BCUT2D eigenvalue weighted by molar-refractivity contribution is 5.92. The molecule has 146 valence electrons. The zero-order chi connectivity index (χ0) is 19.2. The first kappa shape index (κ1) is 17.6. The van der Waals surface area contributed by atoms with Crippen LogP contribution in [0.2, 0.25) is 0 Å². The van der Waals surface area contributed by atoms with Gasteiger partial charge in [0.25, 0.3) is 0 Å². The fraction of sp³-hybridized carbons (Fsp3) is 0.727. The summed E-state index contributed by atoms with van der Waals surface area (Å²) in [7, 11) is 0. The smallest absolute Gasteiger partial charge is 0.303 e. The second kappa shape index (κ2) is 5.12. The fourth-order valence-corrected chi connectivity index (χ4v) is 7.27. The summed E-state index contributed by atoms with van der Waals surface area (Å²) in [6.45, 7) is 4.39. The third-order valence-electron chi connectivity index (χ3n) is 8.97. The molecule has 5 nitrogen and oxygen atoms in total. The van der Waals surface area contributed by atoms with E-state index in [1.807, 2.05) is 0 Å². The van der Waals surface area contributed by atoms with Crippen LogP contribution in [0.25, 0.3) is 0 Å². The third kappa shape index (κ3) is 1.97. The molecule has 0 aromatic carbocycles. The number of epoxide rings is 1. The van der Waals surface area contributed by atoms with Crippen LogP contribution in [0.1, 0.15) is 58.8 Å². The van der Waals surface area contributed by atoms with Crippen molar-refractivity contribution in [2.75, 3.05) is 0 Å². The Balaban J connectivity index is 1.54. The Kier molecular flexibility index (Phi) is 3.34. The standard InChI is InChI=1S/C22H28O5/c1-19-8-5-14(23)11-13(19)3-4-16-15-6-9-21(26,10-7-18(24)25)20(15,2)12-17-22(16,19)27-17/h3-4,11,15-17,26H,5-10,12H2,1-2H3,(H,24,25)/t15-,16-,17?,19-,20-,21-,22-/m0/s1. The van der Waals surface area contributed by atoms with Gasteiger partial charge < -0.3 is 14.9 Å². The number of carboxylic acids is 1. The average molecular weight is 372 g/mol. The second-order valence-electron chi connectivity index (χ2n) is 9.87. The molecule has 5 heteroatoms. The van der Waals surface area contributed by atoms with Gasteiger partial charge in [-0.2, -0.15) is 0 Å². The van der Waals surface area contributed by atoms with Crippen LogP contribution in [-0.4, -0.2) is 39.3 Å². The minimum atomic E-state index is -0.943. The molecular weight excluding hydrogens is 344 g/mol. The first-order valence-corrected chi connectivity index (χ1v) is 10.2. The van der Waals surface area contributed by atoms with Crippen LogP contribution >= 0.6 is 0 Å². The Morgan fingerprint density at radius 1 is 1.33 bits per heavy atom. The fourth-order valence-electron chi connectivity index (χ4n) is 7.27. The van der Waals surface area contributed by atoms with Crippen molar-refractivity contribution in [3.63, 3.8) is 0 Å². The van der Waals surface area contributed by atoms with E-state index in [9.17, 15) is 14.7 Å². The maximum Gasteiger partial charge on any atom is 0.303 e. The molecule has 0 radical (unpaired) electrons. The molecule has 1 heterocycles. The van der Waals surface area contributed by atoms with E-state index in [4.69, 9.17) is 9.84 Å². The summed E-state index contributed by atoms with van der Waals surface area (Å²) in [4.78, 5) is 23.1. The number of ketones is 1. The van der Waals surface area contributed by atoms with Crippen molar-refractivity contribution in [2.45, 2.75) is 76.1 Å². The number of rotatable bonds is 3. The molecule has 0 bridgehead atoms. The first-order chi connectivity index (χ1) is 12.7. The average Bonchev–Trinajstić information content (AvgIpc) is 3.26. The molecule has 27 heavy (non-hydrogen) atoms. The van der Waals surface area contributed by atoms with Crippen molar-refractivity contribution < 1.29 is 24.5 Å². The molecule has 3 fully saturated rings. The van der Waals surface area contributed by atoms with E-state index in [0.717, 1.165) is 24.8 Å². The Labute approximate surface area is 159 Å². The van der Waals surface area contributed by atoms with Gasteiger partial charge in [0.2, 0.25) is 0 Å². The van der Waals surface area contributed by atoms with E-state index in [2.05, 4.69) is 26.0 Å². The monoisotopic (exact) mass is 372 g/mol. The zero-order valence-corrected chi connectivity index (χ0v) is 16.0. The van der Waals surface area contributed by atoms with Crippen molar-refractivity contribution in [1.82, 2.24) is 0 Å². The number of carboxylic acid groups (broad SMARTS) is 1. The van der Waals surface area contributed by atoms with Crippen LogP contribution in [0.3, 0.4) is 0 Å². The van der Waals surface area contributed by atoms with E-state index in [-0.39, 0.29) is 46.6 Å². The molecule has 0 aromatic heterocycles. The van der Waals surface area contributed by atoms with Crippen molar-refractivity contribution in [3.05, 3.63) is 23.8 Å². The summed E-state index contributed by atoms with van der Waals surface area (Å²) in [5.74, 6) is -0.156. The molecule has 2 N–H and O–H groups in total. The number of fused-ring (bicyclic) bond motifs is 3. The molecular formula is C22H28O5. The first-order valence-electron chi connectivity index (χ1n) is 10.2. The van der Waals surface area contributed by atoms with Gasteiger partial charge in [-0.15, -0.1) is 0 Å². The van der Waals surface area contributed by atoms with Crippen molar-refractivity contribution in [2.24, 2.45) is 22.7 Å². The van der Waals surface area contributed by atoms with Crippen LogP contribution in [-0.2, 0) is 14.3 Å². The minimum absolute atomic E-state index is 0.00267. The molecule has 5 rings (SSSR count). The molecule has 5 aliphatic rings. The maximum atomic E-state index is 12.0. The summed E-state index contributed by atoms with van der Waals surface area (Å²) < 4.78 is 6.47. The topological polar surface area (TPSA) is 87.1 Å². The summed E-state index contributed by atoms with van der Waals surface area (Å²) in [5, 5.41) is 20.6. The van der Waals surface area contributed by atoms with Crippen LogP contribution < -0.4 is 0 Å². The molecule has 0 amide bonds. The van der Waals surface area contributed by atoms with E-state index < -0.39 is 11.6 Å². The van der Waals surface area contributed by atoms with Crippen molar-refractivity contribution in [1.29, 1.82) is 0 Å². The van der Waals surface area contributed by atoms with Crippen molar-refractivity contribution in [3.8, 4) is 0 Å². The molecule has 2 saturated carbocycles. The molecule has 1 aliphatic heterocycles. The predicted molar refractivity (Wildman–Crippen MR) is 97.9 cm³/mol. The van der Waals surface area contributed by atoms with Crippen LogP contribution in [0, 0.1) is 22.7 Å².